The number of hydrogen-bond acceptors (Lipinski definition) is 2. The van der Waals surface area contributed by atoms with Crippen LogP contribution in [0.2, 0.25) is 0 Å². The second-order valence-corrected chi connectivity index (χ2v) is 4.15. The molecule has 82 valence electrons. The molecule has 3 atom stereocenters. The molecule has 0 saturated heterocycles. The van der Waals surface area contributed by atoms with Crippen LogP contribution >= 0.6 is 0 Å². The van der Waals surface area contributed by atoms with Gasteiger partial charge in [-0.1, -0.05) is 18.6 Å². The number of allylic oxidation sites excluding steroid dienone is 1. The zero-order valence-corrected chi connectivity index (χ0v) is 9.49. The van der Waals surface area contributed by atoms with E-state index in [2.05, 4.69) is 26.8 Å². The maximum Gasteiger partial charge on any atom is 0.0874 e. The summed E-state index contributed by atoms with van der Waals surface area (Å²) in [5.74, 6) is 0. The average molecular weight is 198 g/mol. The van der Waals surface area contributed by atoms with E-state index in [9.17, 15) is 5.11 Å². The fraction of sp³-hybridized carbons (Fsp3) is 0.833. The Kier molecular flexibility index (Phi) is 4.63. The first-order chi connectivity index (χ1) is 6.67. The van der Waals surface area contributed by atoms with Gasteiger partial charge < -0.3 is 9.84 Å². The molecule has 2 nitrogen and oxygen atoms in total. The molecule has 1 aliphatic rings. The molecular formula is C12H22O2. The first-order valence-corrected chi connectivity index (χ1v) is 5.65. The molecule has 0 spiro atoms. The van der Waals surface area contributed by atoms with E-state index in [1.54, 1.807) is 0 Å². The van der Waals surface area contributed by atoms with Gasteiger partial charge in [-0.2, -0.15) is 0 Å². The van der Waals surface area contributed by atoms with Crippen molar-refractivity contribution in [3.8, 4) is 0 Å². The van der Waals surface area contributed by atoms with E-state index in [1.165, 1.54) is 5.57 Å². The Bertz CT molecular complexity index is 198. The summed E-state index contributed by atoms with van der Waals surface area (Å²) in [6.45, 7) is 6.24. The van der Waals surface area contributed by atoms with Gasteiger partial charge in [0.2, 0.25) is 0 Å². The molecule has 0 heterocycles. The van der Waals surface area contributed by atoms with Crippen LogP contribution < -0.4 is 0 Å². The van der Waals surface area contributed by atoms with Gasteiger partial charge in [0.15, 0.2) is 0 Å². The molecule has 0 aromatic carbocycles. The minimum absolute atomic E-state index is 0.0184. The molecule has 1 fully saturated rings. The van der Waals surface area contributed by atoms with Gasteiger partial charge in [0, 0.05) is 0 Å². The van der Waals surface area contributed by atoms with E-state index in [0.29, 0.717) is 0 Å². The average Bonchev–Trinajstić information content (AvgIpc) is 2.21. The van der Waals surface area contributed by atoms with Gasteiger partial charge >= 0.3 is 0 Å². The van der Waals surface area contributed by atoms with Crippen molar-refractivity contribution in [1.29, 1.82) is 0 Å². The van der Waals surface area contributed by atoms with Crippen molar-refractivity contribution in [1.82, 2.24) is 0 Å². The third kappa shape index (κ3) is 3.10. The van der Waals surface area contributed by atoms with Crippen molar-refractivity contribution in [2.24, 2.45) is 0 Å². The maximum absolute atomic E-state index is 9.77. The minimum atomic E-state index is -0.271. The second-order valence-electron chi connectivity index (χ2n) is 4.15. The first-order valence-electron chi connectivity index (χ1n) is 5.65. The highest BCUT2D eigenvalue weighted by Gasteiger charge is 2.27. The molecule has 1 rings (SSSR count). The molecule has 0 aromatic heterocycles. The van der Waals surface area contributed by atoms with Crippen LogP contribution in [0.4, 0.5) is 0 Å². The van der Waals surface area contributed by atoms with E-state index >= 15 is 0 Å². The van der Waals surface area contributed by atoms with Gasteiger partial charge in [0.05, 0.1) is 18.3 Å². The molecule has 3 unspecified atom stereocenters. The quantitative estimate of drug-likeness (QED) is 0.706. The third-order valence-electron chi connectivity index (χ3n) is 3.04. The van der Waals surface area contributed by atoms with Crippen LogP contribution in [0.3, 0.4) is 0 Å². The van der Waals surface area contributed by atoms with Crippen molar-refractivity contribution in [2.45, 2.75) is 64.8 Å². The van der Waals surface area contributed by atoms with E-state index in [-0.39, 0.29) is 18.3 Å². The SMILES string of the molecule is C/C=C1\CCC(O)C(OC(C)CC)C1. The van der Waals surface area contributed by atoms with Crippen molar-refractivity contribution in [2.75, 3.05) is 0 Å². The fourth-order valence-electron chi connectivity index (χ4n) is 1.81. The van der Waals surface area contributed by atoms with Gasteiger partial charge in [-0.3, -0.25) is 0 Å². The third-order valence-corrected chi connectivity index (χ3v) is 3.04. The Morgan fingerprint density at radius 2 is 2.36 bits per heavy atom. The van der Waals surface area contributed by atoms with Crippen LogP contribution in [0.25, 0.3) is 0 Å². The highest BCUT2D eigenvalue weighted by atomic mass is 16.5. The van der Waals surface area contributed by atoms with E-state index in [0.717, 1.165) is 25.7 Å². The Hall–Kier alpha value is -0.340. The van der Waals surface area contributed by atoms with Gasteiger partial charge in [-0.05, 0) is 39.5 Å². The summed E-state index contributed by atoms with van der Waals surface area (Å²) in [5.41, 5.74) is 1.42. The van der Waals surface area contributed by atoms with Crippen molar-refractivity contribution >= 4 is 0 Å². The molecule has 0 radical (unpaired) electrons. The fourth-order valence-corrected chi connectivity index (χ4v) is 1.81. The lowest BCUT2D eigenvalue weighted by molar-refractivity contribution is -0.0803. The second kappa shape index (κ2) is 5.52. The lowest BCUT2D eigenvalue weighted by atomic mass is 9.90. The zero-order chi connectivity index (χ0) is 10.6. The van der Waals surface area contributed by atoms with Gasteiger partial charge in [-0.25, -0.2) is 0 Å². The highest BCUT2D eigenvalue weighted by Crippen LogP contribution is 2.27. The van der Waals surface area contributed by atoms with Gasteiger partial charge in [0.1, 0.15) is 0 Å². The molecule has 0 amide bonds. The lowest BCUT2D eigenvalue weighted by Gasteiger charge is -2.31. The highest BCUT2D eigenvalue weighted by molar-refractivity contribution is 5.07. The molecule has 1 aliphatic carbocycles. The Morgan fingerprint density at radius 3 is 2.93 bits per heavy atom. The van der Waals surface area contributed by atoms with Gasteiger partial charge in [-0.15, -0.1) is 0 Å². The summed E-state index contributed by atoms with van der Waals surface area (Å²) < 4.78 is 5.79. The van der Waals surface area contributed by atoms with Crippen molar-refractivity contribution in [3.05, 3.63) is 11.6 Å². The maximum atomic E-state index is 9.77. The molecule has 2 heteroatoms. The predicted octanol–water partition coefficient (Wildman–Crippen LogP) is 2.66. The number of hydrogen-bond donors (Lipinski definition) is 1. The molecule has 1 saturated carbocycles. The van der Waals surface area contributed by atoms with Crippen LogP contribution in [0.1, 0.15) is 46.5 Å². The van der Waals surface area contributed by atoms with Crippen LogP contribution in [0, 0.1) is 0 Å². The van der Waals surface area contributed by atoms with Gasteiger partial charge in [0.25, 0.3) is 0 Å². The molecule has 1 N–H and O–H groups in total. The Balaban J connectivity index is 2.48. The van der Waals surface area contributed by atoms with Crippen molar-refractivity contribution < 1.29 is 9.84 Å². The van der Waals surface area contributed by atoms with Crippen LogP contribution in [-0.4, -0.2) is 23.4 Å². The normalized spacial score (nSPS) is 33.3. The Morgan fingerprint density at radius 1 is 1.64 bits per heavy atom. The molecule has 0 aliphatic heterocycles. The monoisotopic (exact) mass is 198 g/mol. The van der Waals surface area contributed by atoms with E-state index in [4.69, 9.17) is 4.74 Å². The molecule has 0 aromatic rings. The molecule has 14 heavy (non-hydrogen) atoms. The van der Waals surface area contributed by atoms with Crippen LogP contribution in [0.15, 0.2) is 11.6 Å². The summed E-state index contributed by atoms with van der Waals surface area (Å²) in [4.78, 5) is 0. The number of aliphatic hydroxyl groups excluding tert-OH is 1. The summed E-state index contributed by atoms with van der Waals surface area (Å²) in [6, 6.07) is 0. The largest absolute Gasteiger partial charge is 0.390 e. The molecular weight excluding hydrogens is 176 g/mol. The lowest BCUT2D eigenvalue weighted by Crippen LogP contribution is -2.35. The molecule has 0 bridgehead atoms. The summed E-state index contributed by atoms with van der Waals surface area (Å²) in [5, 5.41) is 9.77. The van der Waals surface area contributed by atoms with Crippen molar-refractivity contribution in [3.63, 3.8) is 0 Å². The summed E-state index contributed by atoms with van der Waals surface area (Å²) in [7, 11) is 0. The predicted molar refractivity (Wildman–Crippen MR) is 58.2 cm³/mol. The smallest absolute Gasteiger partial charge is 0.0874 e. The van der Waals surface area contributed by atoms with Crippen LogP contribution in [-0.2, 0) is 4.74 Å². The minimum Gasteiger partial charge on any atom is -0.390 e. The summed E-state index contributed by atoms with van der Waals surface area (Å²) >= 11 is 0. The number of ether oxygens (including phenoxy) is 1. The summed E-state index contributed by atoms with van der Waals surface area (Å²) in [6.07, 6.45) is 5.94. The van der Waals surface area contributed by atoms with E-state index < -0.39 is 0 Å². The Labute approximate surface area is 87.0 Å². The standard InChI is InChI=1S/C12H22O2/c1-4-9(3)14-12-8-10(5-2)6-7-11(12)13/h5,9,11-13H,4,6-8H2,1-3H3/b10-5+. The van der Waals surface area contributed by atoms with Crippen LogP contribution in [0.5, 0.6) is 0 Å². The number of aliphatic hydroxyl groups is 1. The first kappa shape index (κ1) is 11.7. The van der Waals surface area contributed by atoms with E-state index in [1.807, 2.05) is 0 Å². The zero-order valence-electron chi connectivity index (χ0n) is 9.49. The topological polar surface area (TPSA) is 29.5 Å². The number of rotatable bonds is 3.